The predicted molar refractivity (Wildman–Crippen MR) is 50.2 cm³/mol. The van der Waals surface area contributed by atoms with Gasteiger partial charge in [-0.15, -0.1) is 0 Å². The lowest BCUT2D eigenvalue weighted by atomic mass is 10.4. The molecule has 5 nitrogen and oxygen atoms in total. The zero-order valence-corrected chi connectivity index (χ0v) is 8.10. The van der Waals surface area contributed by atoms with Gasteiger partial charge in [0.25, 0.3) is 0 Å². The minimum Gasteiger partial charge on any atom is -0.461 e. The zero-order chi connectivity index (χ0) is 10.7. The normalized spacial score (nSPS) is 10.2. The van der Waals surface area contributed by atoms with Crippen molar-refractivity contribution in [3.05, 3.63) is 30.5 Å². The lowest BCUT2D eigenvalue weighted by Gasteiger charge is -1.94. The molecule has 0 aromatic carbocycles. The third-order valence-electron chi connectivity index (χ3n) is 1.72. The van der Waals surface area contributed by atoms with E-state index in [1.54, 1.807) is 19.1 Å². The number of furan rings is 1. The number of aromatic nitrogens is 1. The number of esters is 1. The van der Waals surface area contributed by atoms with Crippen LogP contribution in [0, 0.1) is 0 Å². The number of carbonyl (C=O) groups is 1. The van der Waals surface area contributed by atoms with Gasteiger partial charge in [-0.1, -0.05) is 0 Å². The highest BCUT2D eigenvalue weighted by Gasteiger charge is 2.15. The molecule has 78 valence electrons. The summed E-state index contributed by atoms with van der Waals surface area (Å²) in [6, 6.07) is 3.44. The van der Waals surface area contributed by atoms with Gasteiger partial charge in [0.05, 0.1) is 19.1 Å². The second-order valence-corrected chi connectivity index (χ2v) is 2.73. The maximum absolute atomic E-state index is 11.2. The van der Waals surface area contributed by atoms with E-state index in [-0.39, 0.29) is 12.5 Å². The van der Waals surface area contributed by atoms with Gasteiger partial charge in [-0.2, -0.15) is 0 Å². The average Bonchev–Trinajstić information content (AvgIpc) is 2.89. The topological polar surface area (TPSA) is 65.5 Å². The third-order valence-corrected chi connectivity index (χ3v) is 1.72. The molecular weight excluding hydrogens is 198 g/mol. The summed E-state index contributed by atoms with van der Waals surface area (Å²) in [4.78, 5) is 15.0. The van der Waals surface area contributed by atoms with Gasteiger partial charge in [0, 0.05) is 0 Å². The van der Waals surface area contributed by atoms with Gasteiger partial charge in [-0.05, 0) is 19.1 Å². The third kappa shape index (κ3) is 1.90. The van der Waals surface area contributed by atoms with E-state index in [4.69, 9.17) is 13.6 Å². The van der Waals surface area contributed by atoms with E-state index in [1.807, 2.05) is 0 Å². The summed E-state index contributed by atoms with van der Waals surface area (Å²) >= 11 is 0. The minimum absolute atomic E-state index is 0.0664. The van der Waals surface area contributed by atoms with E-state index in [0.717, 1.165) is 0 Å². The quantitative estimate of drug-likeness (QED) is 0.721. The fourth-order valence-electron chi connectivity index (χ4n) is 1.09. The van der Waals surface area contributed by atoms with E-state index in [2.05, 4.69) is 4.98 Å². The van der Waals surface area contributed by atoms with E-state index in [9.17, 15) is 4.79 Å². The number of hydrogen-bond acceptors (Lipinski definition) is 5. The first-order valence-electron chi connectivity index (χ1n) is 4.48. The van der Waals surface area contributed by atoms with E-state index < -0.39 is 5.97 Å². The maximum Gasteiger partial charge on any atom is 0.394 e. The molecule has 2 aromatic rings. The van der Waals surface area contributed by atoms with Gasteiger partial charge in [0.1, 0.15) is 0 Å². The van der Waals surface area contributed by atoms with Crippen LogP contribution in [0.1, 0.15) is 17.6 Å². The molecular formula is C10H9NO4. The smallest absolute Gasteiger partial charge is 0.394 e. The van der Waals surface area contributed by atoms with Crippen LogP contribution in [-0.4, -0.2) is 17.6 Å². The molecule has 5 heteroatoms. The van der Waals surface area contributed by atoms with Gasteiger partial charge >= 0.3 is 11.9 Å². The number of rotatable bonds is 3. The summed E-state index contributed by atoms with van der Waals surface area (Å²) in [6.07, 6.45) is 2.94. The van der Waals surface area contributed by atoms with Crippen LogP contribution >= 0.6 is 0 Å². The second kappa shape index (κ2) is 4.00. The van der Waals surface area contributed by atoms with E-state index in [1.165, 1.54) is 12.5 Å². The fourth-order valence-corrected chi connectivity index (χ4v) is 1.09. The molecule has 2 aromatic heterocycles. The van der Waals surface area contributed by atoms with Crippen molar-refractivity contribution >= 4 is 5.97 Å². The Morgan fingerprint density at radius 2 is 2.40 bits per heavy atom. The lowest BCUT2D eigenvalue weighted by Crippen LogP contribution is -2.04. The summed E-state index contributed by atoms with van der Waals surface area (Å²) < 4.78 is 15.0. The van der Waals surface area contributed by atoms with E-state index >= 15 is 0 Å². The Hall–Kier alpha value is -2.04. The lowest BCUT2D eigenvalue weighted by molar-refractivity contribution is 0.0481. The van der Waals surface area contributed by atoms with Crippen molar-refractivity contribution in [3.63, 3.8) is 0 Å². The van der Waals surface area contributed by atoms with Crippen molar-refractivity contribution in [1.82, 2.24) is 4.98 Å². The number of nitrogens with zero attached hydrogens (tertiary/aromatic N) is 1. The van der Waals surface area contributed by atoms with Crippen LogP contribution in [-0.2, 0) is 4.74 Å². The molecule has 0 unspecified atom stereocenters. The van der Waals surface area contributed by atoms with Crippen LogP contribution in [0.3, 0.4) is 0 Å². The summed E-state index contributed by atoms with van der Waals surface area (Å²) in [6.45, 7) is 2.01. The predicted octanol–water partition coefficient (Wildman–Crippen LogP) is 2.11. The highest BCUT2D eigenvalue weighted by molar-refractivity contribution is 5.84. The summed E-state index contributed by atoms with van der Waals surface area (Å²) in [5, 5.41) is 0. The Morgan fingerprint density at radius 3 is 3.07 bits per heavy atom. The second-order valence-electron chi connectivity index (χ2n) is 2.73. The Labute approximate surface area is 85.7 Å². The molecule has 15 heavy (non-hydrogen) atoms. The molecule has 2 heterocycles. The van der Waals surface area contributed by atoms with Crippen LogP contribution in [0.5, 0.6) is 0 Å². The number of hydrogen-bond donors (Lipinski definition) is 0. The van der Waals surface area contributed by atoms with Crippen molar-refractivity contribution < 1.29 is 18.4 Å². The van der Waals surface area contributed by atoms with Gasteiger partial charge < -0.3 is 13.6 Å². The minimum atomic E-state index is -0.574. The monoisotopic (exact) mass is 207 g/mol. The molecule has 0 fully saturated rings. The molecule has 0 atom stereocenters. The van der Waals surface area contributed by atoms with Crippen LogP contribution in [0.4, 0.5) is 0 Å². The van der Waals surface area contributed by atoms with Crippen molar-refractivity contribution in [3.8, 4) is 11.5 Å². The Bertz CT molecular complexity index is 444. The molecule has 0 aliphatic heterocycles. The maximum atomic E-state index is 11.2. The molecule has 0 saturated carbocycles. The van der Waals surface area contributed by atoms with Gasteiger partial charge in [0.2, 0.25) is 0 Å². The standard InChI is InChI=1S/C10H9NO4/c1-2-13-10(12)9-11-6-8(15-9)7-4-3-5-14-7/h3-6H,2H2,1H3. The first kappa shape index (κ1) is 9.51. The van der Waals surface area contributed by atoms with Crippen molar-refractivity contribution in [1.29, 1.82) is 0 Å². The van der Waals surface area contributed by atoms with Crippen LogP contribution in [0.25, 0.3) is 11.5 Å². The van der Waals surface area contributed by atoms with Gasteiger partial charge in [-0.25, -0.2) is 9.78 Å². The number of oxazole rings is 1. The molecule has 0 radical (unpaired) electrons. The Morgan fingerprint density at radius 1 is 1.53 bits per heavy atom. The number of ether oxygens (including phenoxy) is 1. The highest BCUT2D eigenvalue weighted by atomic mass is 16.5. The molecule has 0 spiro atoms. The Balaban J connectivity index is 2.21. The first-order valence-corrected chi connectivity index (χ1v) is 4.48. The summed E-state index contributed by atoms with van der Waals surface area (Å²) in [7, 11) is 0. The largest absolute Gasteiger partial charge is 0.461 e. The molecule has 0 aliphatic rings. The molecule has 0 aliphatic carbocycles. The van der Waals surface area contributed by atoms with Crippen molar-refractivity contribution in [2.75, 3.05) is 6.61 Å². The van der Waals surface area contributed by atoms with Gasteiger partial charge in [-0.3, -0.25) is 0 Å². The molecule has 0 amide bonds. The summed E-state index contributed by atoms with van der Waals surface area (Å²) in [5.74, 6) is 0.291. The zero-order valence-electron chi connectivity index (χ0n) is 8.10. The number of carbonyl (C=O) groups excluding carboxylic acids is 1. The Kier molecular flexibility index (Phi) is 2.53. The van der Waals surface area contributed by atoms with Crippen LogP contribution < -0.4 is 0 Å². The SMILES string of the molecule is CCOC(=O)c1ncc(-c2ccco2)o1. The van der Waals surface area contributed by atoms with Crippen molar-refractivity contribution in [2.24, 2.45) is 0 Å². The van der Waals surface area contributed by atoms with Crippen LogP contribution in [0.2, 0.25) is 0 Å². The molecule has 0 bridgehead atoms. The van der Waals surface area contributed by atoms with E-state index in [0.29, 0.717) is 11.5 Å². The van der Waals surface area contributed by atoms with Crippen LogP contribution in [0.15, 0.2) is 33.4 Å². The highest BCUT2D eigenvalue weighted by Crippen LogP contribution is 2.20. The van der Waals surface area contributed by atoms with Crippen molar-refractivity contribution in [2.45, 2.75) is 6.92 Å². The molecule has 0 N–H and O–H groups in total. The summed E-state index contributed by atoms with van der Waals surface area (Å²) in [5.41, 5.74) is 0. The molecule has 2 rings (SSSR count). The van der Waals surface area contributed by atoms with Gasteiger partial charge in [0.15, 0.2) is 11.5 Å². The fraction of sp³-hybridized carbons (Fsp3) is 0.200. The molecule has 0 saturated heterocycles. The average molecular weight is 207 g/mol. The first-order chi connectivity index (χ1) is 7.31.